The number of benzene rings is 1. The Morgan fingerprint density at radius 1 is 0.689 bits per heavy atom. The summed E-state index contributed by atoms with van der Waals surface area (Å²) in [4.78, 5) is 65.1. The lowest BCUT2D eigenvalue weighted by molar-refractivity contribution is -0.154. The molecule has 4 atom stereocenters. The van der Waals surface area contributed by atoms with Crippen molar-refractivity contribution in [3.8, 4) is 5.75 Å². The van der Waals surface area contributed by atoms with Crippen LogP contribution in [0.2, 0.25) is 0 Å². The van der Waals surface area contributed by atoms with Gasteiger partial charge in [-0.3, -0.25) is 28.9 Å². The van der Waals surface area contributed by atoms with Crippen molar-refractivity contribution in [2.75, 3.05) is 0 Å². The zero-order chi connectivity index (χ0) is 35.6. The molecule has 15 heteroatoms. The number of aliphatic carboxylic acids is 4. The van der Waals surface area contributed by atoms with Gasteiger partial charge in [-0.15, -0.1) is 0 Å². The largest absolute Gasteiger partial charge is 0.508 e. The van der Waals surface area contributed by atoms with Crippen molar-refractivity contribution in [2.24, 2.45) is 35.0 Å². The Kier molecular flexibility index (Phi) is 20.7. The van der Waals surface area contributed by atoms with Gasteiger partial charge in [0.2, 0.25) is 11.8 Å². The normalized spacial score (nSPS) is 15.1. The molecule has 0 saturated carbocycles. The maximum absolute atomic E-state index is 11.4. The molecular weight excluding hydrogens is 592 g/mol. The van der Waals surface area contributed by atoms with E-state index in [0.717, 1.165) is 10.5 Å². The van der Waals surface area contributed by atoms with Crippen LogP contribution >= 0.6 is 0 Å². The number of amides is 2. The third-order valence-electron chi connectivity index (χ3n) is 6.14. The lowest BCUT2D eigenvalue weighted by Gasteiger charge is -2.23. The van der Waals surface area contributed by atoms with Gasteiger partial charge in [0.25, 0.3) is 0 Å². The summed E-state index contributed by atoms with van der Waals surface area (Å²) >= 11 is 0. The van der Waals surface area contributed by atoms with E-state index >= 15 is 0 Å². The van der Waals surface area contributed by atoms with E-state index in [9.17, 15) is 28.8 Å². The molecule has 0 radical (unpaired) electrons. The molecule has 1 aromatic carbocycles. The Bertz CT molecular complexity index is 1090. The predicted molar refractivity (Wildman–Crippen MR) is 165 cm³/mol. The fourth-order valence-electron chi connectivity index (χ4n) is 3.57. The summed E-state index contributed by atoms with van der Waals surface area (Å²) in [5, 5.41) is 43.0. The van der Waals surface area contributed by atoms with Crippen LogP contribution in [0.25, 0.3) is 0 Å². The van der Waals surface area contributed by atoms with Crippen molar-refractivity contribution in [3.63, 3.8) is 0 Å². The molecular formula is C30H50N4O11. The summed E-state index contributed by atoms with van der Waals surface area (Å²) in [6.07, 6.45) is 1.42. The molecule has 1 saturated heterocycles. The molecule has 45 heavy (non-hydrogen) atoms. The van der Waals surface area contributed by atoms with Crippen molar-refractivity contribution < 1.29 is 54.3 Å². The number of carbonyl (C=O) groups is 6. The zero-order valence-corrected chi connectivity index (χ0v) is 26.8. The highest BCUT2D eigenvalue weighted by molar-refractivity contribution is 6.04. The average molecular weight is 643 g/mol. The van der Waals surface area contributed by atoms with Gasteiger partial charge < -0.3 is 42.7 Å². The average Bonchev–Trinajstić information content (AvgIpc) is 3.25. The Labute approximate surface area is 263 Å². The first-order valence-electron chi connectivity index (χ1n) is 14.4. The minimum Gasteiger partial charge on any atom is -0.508 e. The Balaban J connectivity index is 0. The molecule has 1 aromatic rings. The predicted octanol–water partition coefficient (Wildman–Crippen LogP) is 1.48. The number of carboxylic acid groups (broad SMARTS) is 4. The standard InChI is InChI=1S/C10H15NO4.C9H11NO3.C6H13NO2.C5H11NO2/c1-6(2)5-7(10(14)15)11-8(12)3-4-9(11)13;10-8(9(12)13)5-6-1-3-7(11)4-2-6;1-4(2)3-5(7)6(8)9;1-3(2)4(6)5(7)8/h6-7H,3-5H2,1-2H3,(H,14,15);1-4,8,11H,5,10H2,(H,12,13);4-5H,3,7H2,1-2H3,(H,8,9);3-4H,6H2,1-2H3,(H,7,8)/t7-;8-;5-;4-/m0000/s1. The maximum Gasteiger partial charge on any atom is 0.326 e. The number of carboxylic acids is 4. The van der Waals surface area contributed by atoms with Gasteiger partial charge in [-0.2, -0.15) is 0 Å². The van der Waals surface area contributed by atoms with E-state index in [1.807, 2.05) is 27.7 Å². The molecule has 1 heterocycles. The fourth-order valence-corrected chi connectivity index (χ4v) is 3.57. The fraction of sp³-hybridized carbons (Fsp3) is 0.600. The highest BCUT2D eigenvalue weighted by Gasteiger charge is 2.38. The van der Waals surface area contributed by atoms with Gasteiger partial charge in [-0.1, -0.05) is 53.7 Å². The number of imide groups is 1. The third-order valence-corrected chi connectivity index (χ3v) is 6.14. The number of hydrogen-bond acceptors (Lipinski definition) is 10. The first kappa shape index (κ1) is 43.0. The van der Waals surface area contributed by atoms with Crippen molar-refractivity contribution in [3.05, 3.63) is 29.8 Å². The number of nitrogens with zero attached hydrogens (tertiary/aromatic N) is 1. The van der Waals surface area contributed by atoms with Crippen molar-refractivity contribution in [1.29, 1.82) is 0 Å². The van der Waals surface area contributed by atoms with Crippen LogP contribution in [0, 0.1) is 17.8 Å². The molecule has 15 nitrogen and oxygen atoms in total. The van der Waals surface area contributed by atoms with Gasteiger partial charge in [-0.05, 0) is 54.7 Å². The molecule has 2 amide bonds. The highest BCUT2D eigenvalue weighted by Crippen LogP contribution is 2.20. The Morgan fingerprint density at radius 3 is 1.38 bits per heavy atom. The SMILES string of the molecule is CC(C)C[C@@H](C(=O)O)N1C(=O)CCC1=O.CC(C)C[C@H](N)C(=O)O.CC(C)[C@H](N)C(=O)O.N[C@@H](Cc1ccc(O)cc1)C(=O)O. The number of nitrogens with two attached hydrogens (primary N) is 3. The molecule has 0 aliphatic carbocycles. The van der Waals surface area contributed by atoms with E-state index < -0.39 is 48.0 Å². The molecule has 0 spiro atoms. The zero-order valence-electron chi connectivity index (χ0n) is 26.8. The number of hydrogen-bond donors (Lipinski definition) is 8. The van der Waals surface area contributed by atoms with Crippen LogP contribution in [0.3, 0.4) is 0 Å². The van der Waals surface area contributed by atoms with Gasteiger partial charge in [0, 0.05) is 12.8 Å². The maximum atomic E-state index is 11.4. The summed E-state index contributed by atoms with van der Waals surface area (Å²) in [7, 11) is 0. The van der Waals surface area contributed by atoms with E-state index in [4.69, 9.17) is 42.7 Å². The Hall–Kier alpha value is -4.08. The summed E-state index contributed by atoms with van der Waals surface area (Å²) < 4.78 is 0. The van der Waals surface area contributed by atoms with Crippen LogP contribution in [-0.4, -0.2) is 90.3 Å². The smallest absolute Gasteiger partial charge is 0.326 e. The number of rotatable bonds is 12. The number of aromatic hydroxyl groups is 1. The van der Waals surface area contributed by atoms with E-state index in [0.29, 0.717) is 18.8 Å². The molecule has 256 valence electrons. The number of phenols is 1. The second-order valence-corrected chi connectivity index (χ2v) is 11.6. The van der Waals surface area contributed by atoms with E-state index in [1.165, 1.54) is 12.1 Å². The summed E-state index contributed by atoms with van der Waals surface area (Å²) in [6.45, 7) is 11.2. The monoisotopic (exact) mass is 642 g/mol. The first-order chi connectivity index (χ1) is 20.6. The van der Waals surface area contributed by atoms with Crippen molar-refractivity contribution in [2.45, 2.75) is 97.8 Å². The molecule has 0 unspecified atom stereocenters. The topological polar surface area (TPSA) is 285 Å². The lowest BCUT2D eigenvalue weighted by Crippen LogP contribution is -2.45. The number of carbonyl (C=O) groups excluding carboxylic acids is 2. The molecule has 0 aromatic heterocycles. The first-order valence-corrected chi connectivity index (χ1v) is 14.4. The minimum absolute atomic E-state index is 0.0208. The summed E-state index contributed by atoms with van der Waals surface area (Å²) in [6, 6.07) is 3.03. The summed E-state index contributed by atoms with van der Waals surface area (Å²) in [5.41, 5.74) is 16.5. The number of phenolic OH excluding ortho intramolecular Hbond substituents is 1. The molecule has 1 fully saturated rings. The van der Waals surface area contributed by atoms with Crippen molar-refractivity contribution in [1.82, 2.24) is 4.90 Å². The lowest BCUT2D eigenvalue weighted by atomic mass is 10.0. The highest BCUT2D eigenvalue weighted by atomic mass is 16.4. The van der Waals surface area contributed by atoms with Gasteiger partial charge in [0.15, 0.2) is 0 Å². The van der Waals surface area contributed by atoms with Gasteiger partial charge in [0.05, 0.1) is 0 Å². The van der Waals surface area contributed by atoms with Gasteiger partial charge in [-0.25, -0.2) is 4.79 Å². The minimum atomic E-state index is -1.10. The Morgan fingerprint density at radius 2 is 1.11 bits per heavy atom. The van der Waals surface area contributed by atoms with Gasteiger partial charge >= 0.3 is 23.9 Å². The van der Waals surface area contributed by atoms with Crippen LogP contribution in [0.4, 0.5) is 0 Å². The van der Waals surface area contributed by atoms with Crippen LogP contribution in [0.5, 0.6) is 5.75 Å². The third kappa shape index (κ3) is 19.0. The van der Waals surface area contributed by atoms with Crippen LogP contribution in [0.15, 0.2) is 24.3 Å². The van der Waals surface area contributed by atoms with Crippen LogP contribution in [-0.2, 0) is 35.2 Å². The van der Waals surface area contributed by atoms with Crippen LogP contribution in [0.1, 0.15) is 72.8 Å². The van der Waals surface area contributed by atoms with E-state index in [-0.39, 0.29) is 48.7 Å². The summed E-state index contributed by atoms with van der Waals surface area (Å²) in [5.74, 6) is -4.03. The molecule has 2 rings (SSSR count). The van der Waals surface area contributed by atoms with E-state index in [1.54, 1.807) is 26.0 Å². The molecule has 1 aliphatic rings. The number of likely N-dealkylation sites (tertiary alicyclic amines) is 1. The van der Waals surface area contributed by atoms with Crippen LogP contribution < -0.4 is 17.2 Å². The molecule has 11 N–H and O–H groups in total. The molecule has 0 bridgehead atoms. The second kappa shape index (κ2) is 21.6. The molecule has 1 aliphatic heterocycles. The quantitative estimate of drug-likeness (QED) is 0.150. The van der Waals surface area contributed by atoms with Crippen molar-refractivity contribution >= 4 is 35.7 Å². The van der Waals surface area contributed by atoms with E-state index in [2.05, 4.69) is 0 Å². The van der Waals surface area contributed by atoms with Gasteiger partial charge in [0.1, 0.15) is 29.9 Å². The second-order valence-electron chi connectivity index (χ2n) is 11.6.